The van der Waals surface area contributed by atoms with Crippen LogP contribution in [0.1, 0.15) is 34.5 Å². The van der Waals surface area contributed by atoms with Crippen molar-refractivity contribution in [3.8, 4) is 0 Å². The van der Waals surface area contributed by atoms with Gasteiger partial charge in [-0.2, -0.15) is 0 Å². The van der Waals surface area contributed by atoms with Crippen LogP contribution in [-0.2, 0) is 38.2 Å². The molecule has 1 saturated heterocycles. The first-order valence-corrected chi connectivity index (χ1v) is 13.5. The first-order valence-electron chi connectivity index (χ1n) is 11.8. The summed E-state index contributed by atoms with van der Waals surface area (Å²) in [5.41, 5.74) is 1.12. The zero-order valence-corrected chi connectivity index (χ0v) is 21.0. The largest absolute Gasteiger partial charge is 0.383 e. The van der Waals surface area contributed by atoms with Gasteiger partial charge >= 0.3 is 0 Å². The second-order valence-corrected chi connectivity index (χ2v) is 10.6. The predicted molar refractivity (Wildman–Crippen MR) is 132 cm³/mol. The number of amides is 1. The maximum Gasteiger partial charge on any atom is 0.257 e. The summed E-state index contributed by atoms with van der Waals surface area (Å²) < 4.78 is 53.6. The van der Waals surface area contributed by atoms with E-state index in [0.29, 0.717) is 17.9 Å². The molecule has 36 heavy (non-hydrogen) atoms. The topological polar surface area (TPSA) is 90.7 Å². The minimum Gasteiger partial charge on any atom is -0.383 e. The van der Waals surface area contributed by atoms with E-state index in [-0.39, 0.29) is 48.8 Å². The van der Waals surface area contributed by atoms with E-state index in [1.807, 2.05) is 6.07 Å². The molecule has 1 fully saturated rings. The van der Waals surface area contributed by atoms with Crippen molar-refractivity contribution in [2.24, 2.45) is 0 Å². The van der Waals surface area contributed by atoms with Crippen LogP contribution in [0.5, 0.6) is 0 Å². The van der Waals surface area contributed by atoms with Gasteiger partial charge in [0.15, 0.2) is 0 Å². The van der Waals surface area contributed by atoms with Gasteiger partial charge in [-0.15, -0.1) is 0 Å². The Morgan fingerprint density at radius 2 is 1.94 bits per heavy atom. The van der Waals surface area contributed by atoms with Crippen molar-refractivity contribution in [1.29, 1.82) is 0 Å². The maximum absolute atomic E-state index is 14.5. The van der Waals surface area contributed by atoms with Crippen molar-refractivity contribution in [2.75, 3.05) is 26.9 Å². The van der Waals surface area contributed by atoms with Crippen molar-refractivity contribution in [1.82, 2.24) is 14.5 Å². The highest BCUT2D eigenvalue weighted by atomic mass is 32.2. The maximum atomic E-state index is 14.5. The van der Waals surface area contributed by atoms with Gasteiger partial charge in [-0.1, -0.05) is 42.5 Å². The monoisotopic (exact) mass is 515 g/mol. The lowest BCUT2D eigenvalue weighted by Crippen LogP contribution is -2.38. The molecule has 10 heteroatoms. The van der Waals surface area contributed by atoms with E-state index in [2.05, 4.69) is 4.98 Å². The Morgan fingerprint density at radius 1 is 1.19 bits per heavy atom. The van der Waals surface area contributed by atoms with Gasteiger partial charge in [0.2, 0.25) is 15.0 Å². The fourth-order valence-corrected chi connectivity index (χ4v) is 5.82. The summed E-state index contributed by atoms with van der Waals surface area (Å²) in [5, 5.41) is -0.0891. The number of methoxy groups -OCH3 is 1. The Bertz CT molecular complexity index is 1270. The van der Waals surface area contributed by atoms with Crippen LogP contribution in [0, 0.1) is 5.82 Å². The number of hydrogen-bond acceptors (Lipinski definition) is 6. The average molecular weight is 516 g/mol. The Hall–Kier alpha value is -3.08. The van der Waals surface area contributed by atoms with E-state index >= 15 is 0 Å². The first-order chi connectivity index (χ1) is 17.4. The second kappa shape index (κ2) is 11.8. The summed E-state index contributed by atoms with van der Waals surface area (Å²) in [7, 11) is -2.25. The zero-order valence-electron chi connectivity index (χ0n) is 20.2. The molecule has 1 amide bonds. The Labute approximate surface area is 210 Å². The predicted octanol–water partition coefficient (Wildman–Crippen LogP) is 3.46. The van der Waals surface area contributed by atoms with Crippen LogP contribution in [0.15, 0.2) is 66.0 Å². The fraction of sp³-hybridized carbons (Fsp3) is 0.385. The Balaban J connectivity index is 1.66. The van der Waals surface area contributed by atoms with E-state index in [9.17, 15) is 17.6 Å². The molecule has 2 aromatic carbocycles. The number of ether oxygens (including phenoxy) is 2. The lowest BCUT2D eigenvalue weighted by atomic mass is 10.1. The third kappa shape index (κ3) is 6.18. The summed E-state index contributed by atoms with van der Waals surface area (Å²) in [6, 6.07) is 14.7. The molecule has 8 nitrogen and oxygen atoms in total. The van der Waals surface area contributed by atoms with E-state index in [4.69, 9.17) is 9.47 Å². The van der Waals surface area contributed by atoms with Crippen molar-refractivity contribution in [3.05, 3.63) is 83.4 Å². The number of halogens is 1. The highest BCUT2D eigenvalue weighted by molar-refractivity contribution is 7.90. The second-order valence-electron chi connectivity index (χ2n) is 8.72. The van der Waals surface area contributed by atoms with Crippen LogP contribution in [-0.4, -0.2) is 61.7 Å². The summed E-state index contributed by atoms with van der Waals surface area (Å²) in [6.45, 7) is 1.40. The van der Waals surface area contributed by atoms with Gasteiger partial charge in [0.05, 0.1) is 42.5 Å². The first kappa shape index (κ1) is 26.0. The minimum atomic E-state index is -3.78. The number of hydrogen-bond donors (Lipinski definition) is 0. The van der Waals surface area contributed by atoms with Crippen LogP contribution in [0.3, 0.4) is 0 Å². The van der Waals surface area contributed by atoms with Crippen molar-refractivity contribution < 1.29 is 27.1 Å². The molecule has 0 radical (unpaired) electrons. The molecule has 0 bridgehead atoms. The number of nitrogens with zero attached hydrogens (tertiary/aromatic N) is 3. The van der Waals surface area contributed by atoms with Crippen molar-refractivity contribution >= 4 is 15.7 Å². The molecule has 3 aromatic rings. The van der Waals surface area contributed by atoms with Crippen LogP contribution >= 0.6 is 0 Å². The van der Waals surface area contributed by atoms with E-state index in [0.717, 1.165) is 12.8 Å². The molecule has 4 rings (SSSR count). The van der Waals surface area contributed by atoms with E-state index in [1.165, 1.54) is 36.4 Å². The molecule has 1 atom stereocenters. The van der Waals surface area contributed by atoms with Gasteiger partial charge in [0.1, 0.15) is 5.82 Å². The standard InChI is InChI=1S/C26H30FN3O5S/c1-34-15-13-30-21(16-28-26(30)36(32,33)19-20-8-3-2-4-9-20)17-29(18-22-10-7-14-35-22)25(31)23-11-5-6-12-24(23)27/h2-6,8-9,11-12,16,22H,7,10,13-15,17-19H2,1H3/t22-/m0/s1. The van der Waals surface area contributed by atoms with Crippen LogP contribution < -0.4 is 0 Å². The quantitative estimate of drug-likeness (QED) is 0.389. The van der Waals surface area contributed by atoms with Crippen molar-refractivity contribution in [2.45, 2.75) is 42.9 Å². The molecule has 0 aliphatic carbocycles. The Kier molecular flexibility index (Phi) is 8.50. The normalized spacial score (nSPS) is 15.8. The molecule has 0 unspecified atom stereocenters. The van der Waals surface area contributed by atoms with Gasteiger partial charge in [-0.25, -0.2) is 17.8 Å². The molecule has 2 heterocycles. The Morgan fingerprint density at radius 3 is 2.64 bits per heavy atom. The SMILES string of the molecule is COCCn1c(CN(C[C@@H]2CCCO2)C(=O)c2ccccc2F)cnc1S(=O)(=O)Cc1ccccc1. The summed E-state index contributed by atoms with van der Waals surface area (Å²) in [6.07, 6.45) is 2.98. The summed E-state index contributed by atoms with van der Waals surface area (Å²) >= 11 is 0. The smallest absolute Gasteiger partial charge is 0.257 e. The molecule has 192 valence electrons. The summed E-state index contributed by atoms with van der Waals surface area (Å²) in [4.78, 5) is 19.1. The molecule has 0 N–H and O–H groups in total. The third-order valence-corrected chi connectivity index (χ3v) is 7.69. The minimum absolute atomic E-state index is 0.0459. The number of imidazole rings is 1. The highest BCUT2D eigenvalue weighted by Gasteiger charge is 2.29. The van der Waals surface area contributed by atoms with Gasteiger partial charge in [0, 0.05) is 26.8 Å². The molecule has 0 saturated carbocycles. The lowest BCUT2D eigenvalue weighted by Gasteiger charge is -2.26. The lowest BCUT2D eigenvalue weighted by molar-refractivity contribution is 0.0497. The highest BCUT2D eigenvalue weighted by Crippen LogP contribution is 2.22. The molecular weight excluding hydrogens is 485 g/mol. The molecule has 1 aliphatic heterocycles. The van der Waals surface area contributed by atoms with E-state index in [1.54, 1.807) is 34.9 Å². The zero-order chi connectivity index (χ0) is 25.5. The number of sulfone groups is 1. The van der Waals surface area contributed by atoms with Gasteiger partial charge < -0.3 is 18.9 Å². The fourth-order valence-electron chi connectivity index (χ4n) is 4.30. The average Bonchev–Trinajstić information content (AvgIpc) is 3.53. The van der Waals surface area contributed by atoms with Gasteiger partial charge in [-0.3, -0.25) is 4.79 Å². The summed E-state index contributed by atoms with van der Waals surface area (Å²) in [5.74, 6) is -1.30. The number of benzene rings is 2. The van der Waals surface area contributed by atoms with Crippen LogP contribution in [0.2, 0.25) is 0 Å². The molecular formula is C26H30FN3O5S. The number of carbonyl (C=O) groups is 1. The van der Waals surface area contributed by atoms with Crippen LogP contribution in [0.25, 0.3) is 0 Å². The van der Waals surface area contributed by atoms with E-state index < -0.39 is 21.6 Å². The van der Waals surface area contributed by atoms with Crippen molar-refractivity contribution in [3.63, 3.8) is 0 Å². The number of rotatable bonds is 11. The number of carbonyl (C=O) groups excluding carboxylic acids is 1. The molecule has 0 spiro atoms. The molecule has 1 aromatic heterocycles. The van der Waals surface area contributed by atoms with Gasteiger partial charge in [-0.05, 0) is 30.5 Å². The number of aromatic nitrogens is 2. The third-order valence-electron chi connectivity index (χ3n) is 6.09. The van der Waals surface area contributed by atoms with Crippen LogP contribution in [0.4, 0.5) is 4.39 Å². The van der Waals surface area contributed by atoms with Gasteiger partial charge in [0.25, 0.3) is 5.91 Å². The molecule has 1 aliphatic rings.